The molecule has 0 bridgehead atoms. The number of carbonyl (C=O) groups excluding carboxylic acids is 1. The van der Waals surface area contributed by atoms with Crippen LogP contribution in [0.25, 0.3) is 0 Å². The molecule has 9 heteroatoms. The lowest BCUT2D eigenvalue weighted by Crippen LogP contribution is -2.43. The smallest absolute Gasteiger partial charge is 0.331 e. The average molecular weight is 376 g/mol. The zero-order valence-corrected chi connectivity index (χ0v) is 15.0. The Labute approximate surface area is 154 Å². The quantitative estimate of drug-likeness (QED) is 0.410. The van der Waals surface area contributed by atoms with Crippen molar-refractivity contribution in [1.82, 2.24) is 0 Å². The van der Waals surface area contributed by atoms with Crippen LogP contribution in [-0.2, 0) is 19.8 Å². The summed E-state index contributed by atoms with van der Waals surface area (Å²) >= 11 is 0. The van der Waals surface area contributed by atoms with Crippen LogP contribution in [0, 0.1) is 16.0 Å². The normalized spacial score (nSPS) is 20.7. The Balaban J connectivity index is 0.000000828. The number of Topliss-reactive ketones (excluding diaryl/α,β-unsaturated/α-hetero) is 1. The van der Waals surface area contributed by atoms with Gasteiger partial charge in [-0.2, -0.15) is 0 Å². The van der Waals surface area contributed by atoms with Gasteiger partial charge in [-0.25, -0.2) is 4.79 Å². The second-order valence-electron chi connectivity index (χ2n) is 6.12. The first-order valence-electron chi connectivity index (χ1n) is 7.82. The molecule has 4 N–H and O–H groups in total. The van der Waals surface area contributed by atoms with E-state index in [0.717, 1.165) is 6.07 Å². The third kappa shape index (κ3) is 4.38. The second-order valence-corrected chi connectivity index (χ2v) is 6.12. The van der Waals surface area contributed by atoms with E-state index in [1.165, 1.54) is 51.1 Å². The van der Waals surface area contributed by atoms with Gasteiger partial charge < -0.3 is 20.7 Å². The van der Waals surface area contributed by atoms with Crippen molar-refractivity contribution in [2.45, 2.75) is 26.2 Å². The van der Waals surface area contributed by atoms with E-state index in [0.29, 0.717) is 0 Å². The molecule has 0 heterocycles. The number of carboxylic acids is 2. The van der Waals surface area contributed by atoms with E-state index in [9.17, 15) is 34.7 Å². The fourth-order valence-corrected chi connectivity index (χ4v) is 2.78. The SMILES string of the molecule is CC(C)=O.CC1C(C(=O)O)=CC=CC1(C(=O)O)c1ccc(N)c([N+](=O)[O-])c1. The molecule has 0 amide bonds. The Hall–Kier alpha value is -3.49. The fraction of sp³-hybridized carbons (Fsp3) is 0.278. The Kier molecular flexibility index (Phi) is 6.59. The van der Waals surface area contributed by atoms with E-state index < -0.39 is 33.9 Å². The summed E-state index contributed by atoms with van der Waals surface area (Å²) < 4.78 is 0. The van der Waals surface area contributed by atoms with Gasteiger partial charge in [0.1, 0.15) is 16.9 Å². The number of nitrogens with zero attached hydrogens (tertiary/aromatic N) is 1. The lowest BCUT2D eigenvalue weighted by Gasteiger charge is -2.35. The van der Waals surface area contributed by atoms with Gasteiger partial charge >= 0.3 is 11.9 Å². The average Bonchev–Trinajstić information content (AvgIpc) is 2.54. The highest BCUT2D eigenvalue weighted by atomic mass is 16.6. The Morgan fingerprint density at radius 1 is 1.22 bits per heavy atom. The monoisotopic (exact) mass is 376 g/mol. The number of nitro groups is 1. The number of nitro benzene ring substituents is 1. The highest BCUT2D eigenvalue weighted by molar-refractivity contribution is 5.94. The molecule has 1 aromatic carbocycles. The van der Waals surface area contributed by atoms with E-state index in [1.54, 1.807) is 0 Å². The number of hydrogen-bond donors (Lipinski definition) is 3. The Morgan fingerprint density at radius 3 is 2.22 bits per heavy atom. The summed E-state index contributed by atoms with van der Waals surface area (Å²) in [6.45, 7) is 4.51. The predicted octanol–water partition coefficient (Wildman–Crippen LogP) is 2.31. The van der Waals surface area contributed by atoms with Crippen molar-refractivity contribution in [3.05, 3.63) is 57.7 Å². The molecule has 2 atom stereocenters. The number of benzene rings is 1. The molecule has 0 radical (unpaired) electrons. The predicted molar refractivity (Wildman–Crippen MR) is 97.2 cm³/mol. The van der Waals surface area contributed by atoms with E-state index in [4.69, 9.17) is 5.73 Å². The van der Waals surface area contributed by atoms with Crippen LogP contribution < -0.4 is 5.73 Å². The third-order valence-corrected chi connectivity index (χ3v) is 4.09. The fourth-order valence-electron chi connectivity index (χ4n) is 2.78. The molecule has 0 aliphatic heterocycles. The van der Waals surface area contributed by atoms with Crippen molar-refractivity contribution in [2.24, 2.45) is 5.92 Å². The molecular formula is C18H20N2O7. The topological polar surface area (TPSA) is 161 Å². The van der Waals surface area contributed by atoms with Crippen molar-refractivity contribution in [2.75, 3.05) is 5.73 Å². The molecular weight excluding hydrogens is 356 g/mol. The van der Waals surface area contributed by atoms with E-state index in [-0.39, 0.29) is 22.6 Å². The molecule has 27 heavy (non-hydrogen) atoms. The van der Waals surface area contributed by atoms with Crippen LogP contribution in [0.1, 0.15) is 26.3 Å². The van der Waals surface area contributed by atoms with Gasteiger partial charge in [0.2, 0.25) is 0 Å². The van der Waals surface area contributed by atoms with Crippen LogP contribution in [0.15, 0.2) is 42.0 Å². The second kappa shape index (κ2) is 8.26. The first-order valence-corrected chi connectivity index (χ1v) is 7.82. The molecule has 2 rings (SSSR count). The van der Waals surface area contributed by atoms with Gasteiger partial charge in [0.05, 0.1) is 4.92 Å². The van der Waals surface area contributed by atoms with Crippen LogP contribution in [0.4, 0.5) is 11.4 Å². The summed E-state index contributed by atoms with van der Waals surface area (Å²) in [5, 5.41) is 30.0. The lowest BCUT2D eigenvalue weighted by molar-refractivity contribution is -0.384. The zero-order chi connectivity index (χ0) is 20.9. The van der Waals surface area contributed by atoms with Crippen LogP contribution in [-0.4, -0.2) is 32.9 Å². The van der Waals surface area contributed by atoms with Gasteiger partial charge in [-0.05, 0) is 25.5 Å². The maximum Gasteiger partial charge on any atom is 0.331 e. The van der Waals surface area contributed by atoms with Gasteiger partial charge in [0.15, 0.2) is 0 Å². The summed E-state index contributed by atoms with van der Waals surface area (Å²) in [7, 11) is 0. The summed E-state index contributed by atoms with van der Waals surface area (Å²) in [5.41, 5.74) is 3.31. The molecule has 144 valence electrons. The lowest BCUT2D eigenvalue weighted by atomic mass is 9.66. The first-order chi connectivity index (χ1) is 12.4. The maximum atomic E-state index is 11.9. The zero-order valence-electron chi connectivity index (χ0n) is 15.0. The molecule has 9 nitrogen and oxygen atoms in total. The van der Waals surface area contributed by atoms with Crippen LogP contribution >= 0.6 is 0 Å². The minimum Gasteiger partial charge on any atom is -0.480 e. The molecule has 0 saturated carbocycles. The molecule has 1 aliphatic rings. The number of anilines is 1. The number of nitrogens with two attached hydrogens (primary N) is 1. The molecule has 0 fully saturated rings. The molecule has 2 unspecified atom stereocenters. The van der Waals surface area contributed by atoms with E-state index in [2.05, 4.69) is 0 Å². The van der Waals surface area contributed by atoms with Gasteiger partial charge in [0, 0.05) is 17.6 Å². The largest absolute Gasteiger partial charge is 0.480 e. The van der Waals surface area contributed by atoms with Gasteiger partial charge in [0.25, 0.3) is 5.69 Å². The molecule has 0 aromatic heterocycles. The number of nitrogen functional groups attached to an aromatic ring is 1. The summed E-state index contributed by atoms with van der Waals surface area (Å²) in [6, 6.07) is 3.69. The standard InChI is InChI=1S/C15H14N2O6.C3H6O/c1-8-10(13(18)19)3-2-6-15(8,14(20)21)9-4-5-11(16)12(7-9)17(22)23;1-3(2)4/h2-8H,16H2,1H3,(H,18,19)(H,20,21);1-2H3. The maximum absolute atomic E-state index is 11.9. The number of aliphatic carboxylic acids is 2. The van der Waals surface area contributed by atoms with Gasteiger partial charge in [-0.1, -0.05) is 31.2 Å². The number of rotatable bonds is 4. The number of carboxylic acid groups (broad SMARTS) is 2. The van der Waals surface area contributed by atoms with Gasteiger partial charge in [-0.3, -0.25) is 14.9 Å². The molecule has 1 aliphatic carbocycles. The Bertz CT molecular complexity index is 853. The van der Waals surface area contributed by atoms with Crippen LogP contribution in [0.3, 0.4) is 0 Å². The van der Waals surface area contributed by atoms with Crippen molar-refractivity contribution in [3.8, 4) is 0 Å². The van der Waals surface area contributed by atoms with E-state index in [1.807, 2.05) is 0 Å². The summed E-state index contributed by atoms with van der Waals surface area (Å²) in [5.74, 6) is -3.30. The number of ketones is 1. The molecule has 0 spiro atoms. The summed E-state index contributed by atoms with van der Waals surface area (Å²) in [6.07, 6.45) is 3.99. The summed E-state index contributed by atoms with van der Waals surface area (Å²) in [4.78, 5) is 43.0. The van der Waals surface area contributed by atoms with Crippen molar-refractivity contribution in [1.29, 1.82) is 0 Å². The molecule has 1 aromatic rings. The van der Waals surface area contributed by atoms with Crippen LogP contribution in [0.2, 0.25) is 0 Å². The number of hydrogen-bond acceptors (Lipinski definition) is 6. The highest BCUT2D eigenvalue weighted by Crippen LogP contribution is 2.42. The Morgan fingerprint density at radius 2 is 1.78 bits per heavy atom. The first kappa shape index (κ1) is 21.6. The van der Waals surface area contributed by atoms with Crippen molar-refractivity contribution < 1.29 is 29.5 Å². The third-order valence-electron chi connectivity index (χ3n) is 4.09. The minimum atomic E-state index is -1.72. The number of carbonyl (C=O) groups is 3. The highest BCUT2D eigenvalue weighted by Gasteiger charge is 2.48. The van der Waals surface area contributed by atoms with Crippen molar-refractivity contribution >= 4 is 29.1 Å². The minimum absolute atomic E-state index is 0.0885. The molecule has 0 saturated heterocycles. The van der Waals surface area contributed by atoms with Crippen LogP contribution in [0.5, 0.6) is 0 Å². The number of allylic oxidation sites excluding steroid dienone is 2. The van der Waals surface area contributed by atoms with Gasteiger partial charge in [-0.15, -0.1) is 0 Å². The van der Waals surface area contributed by atoms with E-state index >= 15 is 0 Å². The van der Waals surface area contributed by atoms with Crippen molar-refractivity contribution in [3.63, 3.8) is 0 Å².